The Kier molecular flexibility index (Phi) is 5.29. The van der Waals surface area contributed by atoms with Crippen molar-refractivity contribution in [2.24, 2.45) is 7.05 Å². The maximum atomic E-state index is 11.8. The fourth-order valence-corrected chi connectivity index (χ4v) is 2.02. The molecule has 0 fully saturated rings. The molecule has 0 saturated carbocycles. The molecule has 0 radical (unpaired) electrons. The summed E-state index contributed by atoms with van der Waals surface area (Å²) in [5, 5.41) is 15.6. The van der Waals surface area contributed by atoms with Crippen molar-refractivity contribution in [1.82, 2.24) is 20.1 Å². The minimum absolute atomic E-state index is 0.0209. The third kappa shape index (κ3) is 4.80. The zero-order valence-electron chi connectivity index (χ0n) is 12.9. The molecule has 2 N–H and O–H groups in total. The number of aliphatic carboxylic acids is 1. The van der Waals surface area contributed by atoms with Crippen molar-refractivity contribution in [3.63, 3.8) is 0 Å². The number of hydrogen-bond acceptors (Lipinski definition) is 5. The van der Waals surface area contributed by atoms with E-state index in [1.807, 2.05) is 30.3 Å². The molecular weight excluding hydrogens is 300 g/mol. The summed E-state index contributed by atoms with van der Waals surface area (Å²) in [7, 11) is 1.67. The van der Waals surface area contributed by atoms with E-state index in [-0.39, 0.29) is 13.0 Å². The number of benzene rings is 1. The van der Waals surface area contributed by atoms with Crippen molar-refractivity contribution in [3.05, 3.63) is 47.5 Å². The number of nitrogens with one attached hydrogen (secondary N) is 1. The van der Waals surface area contributed by atoms with Gasteiger partial charge in [0.15, 0.2) is 0 Å². The molecule has 0 aliphatic rings. The van der Waals surface area contributed by atoms with Crippen molar-refractivity contribution in [2.45, 2.75) is 26.0 Å². The molecule has 1 heterocycles. The quantitative estimate of drug-likeness (QED) is 0.824. The average molecular weight is 318 g/mol. The summed E-state index contributed by atoms with van der Waals surface area (Å²) in [5.74, 6) is -0.154. The molecule has 0 saturated heterocycles. The second-order valence-corrected chi connectivity index (χ2v) is 5.00. The van der Waals surface area contributed by atoms with Crippen molar-refractivity contribution in [1.29, 1.82) is 0 Å². The van der Waals surface area contributed by atoms with Gasteiger partial charge in [0.2, 0.25) is 0 Å². The van der Waals surface area contributed by atoms with Crippen LogP contribution < -0.4 is 5.32 Å². The van der Waals surface area contributed by atoms with E-state index in [9.17, 15) is 14.7 Å². The second kappa shape index (κ2) is 7.39. The molecule has 1 aromatic heterocycles. The number of aromatic nitrogens is 3. The molecule has 23 heavy (non-hydrogen) atoms. The fourth-order valence-electron chi connectivity index (χ4n) is 2.02. The van der Waals surface area contributed by atoms with Gasteiger partial charge in [0, 0.05) is 13.5 Å². The minimum atomic E-state index is -1.16. The summed E-state index contributed by atoms with van der Waals surface area (Å²) in [6, 6.07) is 7.99. The predicted molar refractivity (Wildman–Crippen MR) is 80.6 cm³/mol. The highest BCUT2D eigenvalue weighted by Crippen LogP contribution is 2.04. The lowest BCUT2D eigenvalue weighted by Gasteiger charge is -2.14. The van der Waals surface area contributed by atoms with Crippen molar-refractivity contribution >= 4 is 12.1 Å². The van der Waals surface area contributed by atoms with Crippen LogP contribution in [0.25, 0.3) is 0 Å². The Hall–Kier alpha value is -2.90. The molecule has 1 atom stereocenters. The van der Waals surface area contributed by atoms with E-state index in [4.69, 9.17) is 4.74 Å². The van der Waals surface area contributed by atoms with Crippen molar-refractivity contribution < 1.29 is 19.4 Å². The predicted octanol–water partition coefficient (Wildman–Crippen LogP) is 1.05. The first-order valence-electron chi connectivity index (χ1n) is 7.02. The first-order chi connectivity index (χ1) is 11.0. The number of ether oxygens (including phenoxy) is 1. The van der Waals surface area contributed by atoms with Crippen LogP contribution >= 0.6 is 0 Å². The zero-order chi connectivity index (χ0) is 16.8. The maximum Gasteiger partial charge on any atom is 0.408 e. The number of amides is 1. The lowest BCUT2D eigenvalue weighted by atomic mass is 10.2. The Bertz CT molecular complexity index is 684. The van der Waals surface area contributed by atoms with E-state index in [0.29, 0.717) is 11.6 Å². The standard InChI is InChI=1S/C15H18N4O4/c1-10-16-13(19(2)18-10)8-12(14(20)21)17-15(22)23-9-11-6-4-3-5-7-11/h3-7,12H,8-9H2,1-2H3,(H,17,22)(H,20,21). The summed E-state index contributed by atoms with van der Waals surface area (Å²) in [6.07, 6.45) is -0.771. The molecule has 1 aromatic carbocycles. The minimum Gasteiger partial charge on any atom is -0.480 e. The van der Waals surface area contributed by atoms with Crippen LogP contribution in [0.15, 0.2) is 30.3 Å². The average Bonchev–Trinajstić information content (AvgIpc) is 2.83. The number of carboxylic acid groups (broad SMARTS) is 1. The molecule has 0 spiro atoms. The number of rotatable bonds is 6. The van der Waals surface area contributed by atoms with Crippen LogP contribution in [-0.2, 0) is 29.6 Å². The monoisotopic (exact) mass is 318 g/mol. The summed E-state index contributed by atoms with van der Waals surface area (Å²) in [4.78, 5) is 27.2. The molecule has 0 bridgehead atoms. The van der Waals surface area contributed by atoms with Crippen LogP contribution in [0.1, 0.15) is 17.2 Å². The molecule has 8 nitrogen and oxygen atoms in total. The Labute approximate surface area is 133 Å². The fraction of sp³-hybridized carbons (Fsp3) is 0.333. The van der Waals surface area contributed by atoms with Gasteiger partial charge in [0.25, 0.3) is 0 Å². The third-order valence-electron chi connectivity index (χ3n) is 3.15. The van der Waals surface area contributed by atoms with Gasteiger partial charge < -0.3 is 15.2 Å². The first-order valence-corrected chi connectivity index (χ1v) is 7.02. The van der Waals surface area contributed by atoms with Gasteiger partial charge in [-0.1, -0.05) is 30.3 Å². The van der Waals surface area contributed by atoms with Crippen molar-refractivity contribution in [2.75, 3.05) is 0 Å². The van der Waals surface area contributed by atoms with E-state index in [2.05, 4.69) is 15.4 Å². The Morgan fingerprint density at radius 1 is 1.35 bits per heavy atom. The third-order valence-corrected chi connectivity index (χ3v) is 3.15. The number of hydrogen-bond donors (Lipinski definition) is 2. The van der Waals surface area contributed by atoms with Gasteiger partial charge in [-0.3, -0.25) is 4.68 Å². The van der Waals surface area contributed by atoms with Gasteiger partial charge in [0.1, 0.15) is 24.3 Å². The van der Waals surface area contributed by atoms with Crippen LogP contribution in [0.4, 0.5) is 4.79 Å². The Morgan fingerprint density at radius 3 is 2.61 bits per heavy atom. The van der Waals surface area contributed by atoms with Gasteiger partial charge in [-0.05, 0) is 12.5 Å². The SMILES string of the molecule is Cc1nc(CC(NC(=O)OCc2ccccc2)C(=O)O)n(C)n1. The van der Waals surface area contributed by atoms with Crippen LogP contribution in [0, 0.1) is 6.92 Å². The van der Waals surface area contributed by atoms with Crippen LogP contribution in [0.2, 0.25) is 0 Å². The molecule has 2 aromatic rings. The van der Waals surface area contributed by atoms with Crippen molar-refractivity contribution in [3.8, 4) is 0 Å². The summed E-state index contributed by atoms with van der Waals surface area (Å²) in [5.41, 5.74) is 0.818. The molecule has 122 valence electrons. The Balaban J connectivity index is 1.92. The zero-order valence-corrected chi connectivity index (χ0v) is 12.9. The van der Waals surface area contributed by atoms with Gasteiger partial charge in [-0.15, -0.1) is 0 Å². The summed E-state index contributed by atoms with van der Waals surface area (Å²) >= 11 is 0. The van der Waals surface area contributed by atoms with Gasteiger partial charge in [-0.2, -0.15) is 5.10 Å². The molecule has 1 unspecified atom stereocenters. The number of alkyl carbamates (subject to hydrolysis) is 1. The lowest BCUT2D eigenvalue weighted by Crippen LogP contribution is -2.43. The van der Waals surface area contributed by atoms with E-state index >= 15 is 0 Å². The highest BCUT2D eigenvalue weighted by Gasteiger charge is 2.23. The van der Waals surface area contributed by atoms with E-state index in [1.165, 1.54) is 4.68 Å². The smallest absolute Gasteiger partial charge is 0.408 e. The number of carbonyl (C=O) groups is 2. The molecule has 8 heteroatoms. The number of carboxylic acids is 1. The highest BCUT2D eigenvalue weighted by molar-refractivity contribution is 5.80. The van der Waals surface area contributed by atoms with E-state index in [0.717, 1.165) is 5.56 Å². The largest absolute Gasteiger partial charge is 0.480 e. The van der Waals surface area contributed by atoms with E-state index in [1.54, 1.807) is 14.0 Å². The summed E-state index contributed by atoms with van der Waals surface area (Å²) < 4.78 is 6.51. The number of nitrogens with zero attached hydrogens (tertiary/aromatic N) is 3. The lowest BCUT2D eigenvalue weighted by molar-refractivity contribution is -0.139. The topological polar surface area (TPSA) is 106 Å². The molecule has 1 amide bonds. The van der Waals surface area contributed by atoms with Crippen LogP contribution in [0.3, 0.4) is 0 Å². The molecular formula is C15H18N4O4. The maximum absolute atomic E-state index is 11.8. The van der Waals surface area contributed by atoms with E-state index < -0.39 is 18.1 Å². The van der Waals surface area contributed by atoms with Gasteiger partial charge in [-0.25, -0.2) is 14.6 Å². The van der Waals surface area contributed by atoms with Gasteiger partial charge in [0.05, 0.1) is 0 Å². The van der Waals surface area contributed by atoms with Crippen LogP contribution in [-0.4, -0.2) is 38.0 Å². The molecule has 2 rings (SSSR count). The molecule has 0 aliphatic heterocycles. The first kappa shape index (κ1) is 16.5. The van der Waals surface area contributed by atoms with Gasteiger partial charge >= 0.3 is 12.1 Å². The highest BCUT2D eigenvalue weighted by atomic mass is 16.5. The van der Waals surface area contributed by atoms with Crippen LogP contribution in [0.5, 0.6) is 0 Å². The normalized spacial score (nSPS) is 11.7. The summed E-state index contributed by atoms with van der Waals surface area (Å²) in [6.45, 7) is 1.78. The Morgan fingerprint density at radius 2 is 2.04 bits per heavy atom. The number of carbonyl (C=O) groups excluding carboxylic acids is 1. The number of aryl methyl sites for hydroxylation is 2. The molecule has 0 aliphatic carbocycles. The second-order valence-electron chi connectivity index (χ2n) is 5.00.